The van der Waals surface area contributed by atoms with E-state index in [0.29, 0.717) is 29.4 Å². The number of benzene rings is 1. The highest BCUT2D eigenvalue weighted by molar-refractivity contribution is 7.13. The molecule has 0 saturated heterocycles. The number of ether oxygens (including phenoxy) is 1. The molecule has 0 saturated carbocycles. The van der Waals surface area contributed by atoms with Crippen molar-refractivity contribution in [2.75, 3.05) is 19.8 Å². The first-order chi connectivity index (χ1) is 17.1. The van der Waals surface area contributed by atoms with E-state index < -0.39 is 18.6 Å². The molecule has 2 aromatic heterocycles. The average molecular weight is 516 g/mol. The van der Waals surface area contributed by atoms with Gasteiger partial charge in [-0.15, -0.1) is 21.5 Å². The highest BCUT2D eigenvalue weighted by Crippen LogP contribution is 2.37. The molecular weight excluding hydrogens is 478 g/mol. The number of carbonyl (C=O) groups is 1. The van der Waals surface area contributed by atoms with Crippen molar-refractivity contribution < 1.29 is 24.2 Å². The van der Waals surface area contributed by atoms with Crippen LogP contribution in [-0.4, -0.2) is 52.2 Å². The second-order valence-electron chi connectivity index (χ2n) is 10.0. The van der Waals surface area contributed by atoms with Gasteiger partial charge >= 0.3 is 0 Å². The highest BCUT2D eigenvalue weighted by Gasteiger charge is 2.21. The van der Waals surface area contributed by atoms with Crippen molar-refractivity contribution in [3.05, 3.63) is 39.8 Å². The molecule has 3 aromatic rings. The summed E-state index contributed by atoms with van der Waals surface area (Å²) in [6.07, 6.45) is 1.10. The van der Waals surface area contributed by atoms with E-state index in [4.69, 9.17) is 14.3 Å². The predicted molar refractivity (Wildman–Crippen MR) is 141 cm³/mol. The van der Waals surface area contributed by atoms with E-state index in [1.807, 2.05) is 26.0 Å². The van der Waals surface area contributed by atoms with Crippen LogP contribution in [0.4, 0.5) is 0 Å². The van der Waals surface area contributed by atoms with Crippen LogP contribution in [0, 0.1) is 25.7 Å². The summed E-state index contributed by atoms with van der Waals surface area (Å²) < 4.78 is 12.0. The molecule has 1 atom stereocenters. The van der Waals surface area contributed by atoms with Gasteiger partial charge in [-0.2, -0.15) is 0 Å². The summed E-state index contributed by atoms with van der Waals surface area (Å²) >= 11 is 1.67. The molecule has 1 aromatic carbocycles. The quantitative estimate of drug-likeness (QED) is 0.329. The normalized spacial score (nSPS) is 12.4. The van der Waals surface area contributed by atoms with Gasteiger partial charge in [0.15, 0.2) is 0 Å². The third-order valence-corrected chi connectivity index (χ3v) is 6.71. The highest BCUT2D eigenvalue weighted by atomic mass is 32.1. The second kappa shape index (κ2) is 12.5. The molecular formula is C27H37N3O5S. The maximum absolute atomic E-state index is 11.1. The third-order valence-electron chi connectivity index (χ3n) is 5.65. The number of rotatable bonds is 12. The van der Waals surface area contributed by atoms with Gasteiger partial charge in [-0.05, 0) is 78.3 Å². The lowest BCUT2D eigenvalue weighted by Gasteiger charge is -2.16. The first-order valence-electron chi connectivity index (χ1n) is 12.3. The number of carbonyl (C=O) groups excluding carboxylic acids is 1. The maximum atomic E-state index is 11.1. The molecule has 2 heterocycles. The fraction of sp³-hybridized carbons (Fsp3) is 0.519. The van der Waals surface area contributed by atoms with Gasteiger partial charge < -0.3 is 24.7 Å². The lowest BCUT2D eigenvalue weighted by Crippen LogP contribution is -2.36. The van der Waals surface area contributed by atoms with Gasteiger partial charge in [0.25, 0.3) is 5.89 Å². The monoisotopic (exact) mass is 515 g/mol. The molecule has 36 heavy (non-hydrogen) atoms. The molecule has 0 spiro atoms. The fourth-order valence-electron chi connectivity index (χ4n) is 4.10. The minimum Gasteiger partial charge on any atom is -0.490 e. The van der Waals surface area contributed by atoms with Crippen LogP contribution < -0.4 is 10.1 Å². The Hall–Kier alpha value is -2.75. The van der Waals surface area contributed by atoms with E-state index in [1.165, 1.54) is 11.1 Å². The van der Waals surface area contributed by atoms with Crippen LogP contribution in [0.5, 0.6) is 5.75 Å². The molecule has 0 fully saturated rings. The molecule has 196 valence electrons. The number of hydrogen-bond acceptors (Lipinski definition) is 8. The number of amides is 1. The Morgan fingerprint density at radius 2 is 1.72 bits per heavy atom. The van der Waals surface area contributed by atoms with E-state index in [0.717, 1.165) is 34.4 Å². The standard InChI is InChI=1S/C27H37N3O5S/c1-15(2)7-20-14-36-25(22(20)8-16(3)4)27-30-29-26(35-27)19-9-17(5)24(18(6)10-19)34-13-21(32)11-28-23(33)12-31/h9-10,14-16,21,31-32H,7-8,11-13H2,1-6H3,(H,28,33). The first-order valence-corrected chi connectivity index (χ1v) is 13.2. The van der Waals surface area contributed by atoms with Crippen molar-refractivity contribution in [1.29, 1.82) is 0 Å². The van der Waals surface area contributed by atoms with Crippen molar-refractivity contribution in [2.24, 2.45) is 11.8 Å². The summed E-state index contributed by atoms with van der Waals surface area (Å²) in [5.74, 6) is 2.20. The largest absolute Gasteiger partial charge is 0.490 e. The zero-order valence-electron chi connectivity index (χ0n) is 21.9. The number of hydrogen-bond donors (Lipinski definition) is 3. The second-order valence-corrected chi connectivity index (χ2v) is 10.9. The van der Waals surface area contributed by atoms with Crippen molar-refractivity contribution in [3.8, 4) is 28.0 Å². The van der Waals surface area contributed by atoms with E-state index in [2.05, 4.69) is 48.6 Å². The predicted octanol–water partition coefficient (Wildman–Crippen LogP) is 4.33. The number of aliphatic hydroxyl groups is 2. The van der Waals surface area contributed by atoms with Gasteiger partial charge in [0.2, 0.25) is 11.8 Å². The summed E-state index contributed by atoms with van der Waals surface area (Å²) in [5, 5.41) is 32.2. The smallest absolute Gasteiger partial charge is 0.258 e. The van der Waals surface area contributed by atoms with Gasteiger partial charge in [-0.1, -0.05) is 27.7 Å². The Labute approximate surface area is 216 Å². The minimum atomic E-state index is -0.899. The summed E-state index contributed by atoms with van der Waals surface area (Å²) in [6, 6.07) is 3.85. The van der Waals surface area contributed by atoms with Crippen LogP contribution in [0.3, 0.4) is 0 Å². The number of nitrogens with one attached hydrogen (secondary N) is 1. The zero-order valence-corrected chi connectivity index (χ0v) is 22.7. The Balaban J connectivity index is 1.78. The Morgan fingerprint density at radius 1 is 1.08 bits per heavy atom. The third kappa shape index (κ3) is 7.15. The first kappa shape index (κ1) is 27.8. The Kier molecular flexibility index (Phi) is 9.64. The molecule has 3 rings (SSSR count). The SMILES string of the molecule is Cc1cc(-c2nnc(-c3scc(CC(C)C)c3CC(C)C)o2)cc(C)c1OCC(O)CNC(=O)CO. The van der Waals surface area contributed by atoms with Crippen LogP contribution in [0.25, 0.3) is 22.2 Å². The number of aromatic nitrogens is 2. The Morgan fingerprint density at radius 3 is 2.33 bits per heavy atom. The van der Waals surface area contributed by atoms with Crippen LogP contribution in [-0.2, 0) is 17.6 Å². The summed E-state index contributed by atoms with van der Waals surface area (Å²) in [5.41, 5.74) is 5.21. The molecule has 0 aliphatic carbocycles. The Bertz CT molecular complexity index is 1150. The number of aryl methyl sites for hydroxylation is 2. The molecule has 1 amide bonds. The number of nitrogens with zero attached hydrogens (tertiary/aromatic N) is 2. The van der Waals surface area contributed by atoms with E-state index in [1.54, 1.807) is 11.3 Å². The van der Waals surface area contributed by atoms with Gasteiger partial charge in [0, 0.05) is 12.1 Å². The summed E-state index contributed by atoms with van der Waals surface area (Å²) in [4.78, 5) is 12.2. The van der Waals surface area contributed by atoms with Crippen LogP contribution in [0.15, 0.2) is 21.9 Å². The molecule has 8 nitrogen and oxygen atoms in total. The van der Waals surface area contributed by atoms with E-state index >= 15 is 0 Å². The van der Waals surface area contributed by atoms with Crippen molar-refractivity contribution in [2.45, 2.75) is 60.5 Å². The number of thiophene rings is 1. The van der Waals surface area contributed by atoms with Gasteiger partial charge in [0.05, 0.1) is 4.88 Å². The van der Waals surface area contributed by atoms with Crippen molar-refractivity contribution in [3.63, 3.8) is 0 Å². The molecule has 9 heteroatoms. The fourth-order valence-corrected chi connectivity index (χ4v) is 5.14. The number of aliphatic hydroxyl groups excluding tert-OH is 2. The van der Waals surface area contributed by atoms with Gasteiger partial charge in [-0.3, -0.25) is 4.79 Å². The lowest BCUT2D eigenvalue weighted by molar-refractivity contribution is -0.124. The molecule has 0 radical (unpaired) electrons. The summed E-state index contributed by atoms with van der Waals surface area (Å²) in [7, 11) is 0. The van der Waals surface area contributed by atoms with Crippen LogP contribution in [0.1, 0.15) is 49.9 Å². The molecule has 0 aliphatic rings. The summed E-state index contributed by atoms with van der Waals surface area (Å²) in [6.45, 7) is 12.1. The molecule has 3 N–H and O–H groups in total. The van der Waals surface area contributed by atoms with Crippen molar-refractivity contribution in [1.82, 2.24) is 15.5 Å². The lowest BCUT2D eigenvalue weighted by atomic mass is 9.95. The average Bonchev–Trinajstić information content (AvgIpc) is 3.43. The van der Waals surface area contributed by atoms with Crippen molar-refractivity contribution >= 4 is 17.2 Å². The molecule has 0 aliphatic heterocycles. The van der Waals surface area contributed by atoms with E-state index in [-0.39, 0.29) is 13.2 Å². The zero-order chi connectivity index (χ0) is 26.4. The van der Waals surface area contributed by atoms with Crippen LogP contribution >= 0.6 is 11.3 Å². The van der Waals surface area contributed by atoms with E-state index in [9.17, 15) is 9.90 Å². The van der Waals surface area contributed by atoms with Gasteiger partial charge in [0.1, 0.15) is 25.1 Å². The topological polar surface area (TPSA) is 118 Å². The maximum Gasteiger partial charge on any atom is 0.258 e. The van der Waals surface area contributed by atoms with Gasteiger partial charge in [-0.25, -0.2) is 0 Å². The minimum absolute atomic E-state index is 0.000728. The molecule has 0 bridgehead atoms. The molecule has 1 unspecified atom stereocenters. The van der Waals surface area contributed by atoms with Crippen LogP contribution in [0.2, 0.25) is 0 Å².